The van der Waals surface area contributed by atoms with Gasteiger partial charge in [-0.05, 0) is 53.3 Å². The van der Waals surface area contributed by atoms with Crippen molar-refractivity contribution in [3.05, 3.63) is 66.1 Å². The number of pyridine rings is 1. The highest BCUT2D eigenvalue weighted by Gasteiger charge is 2.20. The van der Waals surface area contributed by atoms with E-state index in [-0.39, 0.29) is 17.2 Å². The van der Waals surface area contributed by atoms with Crippen LogP contribution in [0.15, 0.2) is 40.1 Å². The maximum Gasteiger partial charge on any atom is 0.328 e. The Kier molecular flexibility index (Phi) is 6.60. The van der Waals surface area contributed by atoms with E-state index in [9.17, 15) is 14.4 Å². The Morgan fingerprint density at radius 1 is 1.16 bits per heavy atom. The zero-order chi connectivity index (χ0) is 22.8. The molecule has 1 aliphatic rings. The van der Waals surface area contributed by atoms with Crippen molar-refractivity contribution < 1.29 is 4.79 Å². The van der Waals surface area contributed by atoms with Crippen LogP contribution in [0.3, 0.4) is 0 Å². The van der Waals surface area contributed by atoms with Crippen LogP contribution in [0.1, 0.15) is 23.0 Å². The number of hydrogen-bond donors (Lipinski definition) is 2. The van der Waals surface area contributed by atoms with Crippen LogP contribution in [0.2, 0.25) is 0 Å². The number of carbonyl (C=O) groups is 1. The van der Waals surface area contributed by atoms with Crippen molar-refractivity contribution in [2.45, 2.75) is 20.0 Å². The minimum Gasteiger partial charge on any atom is -0.368 e. The molecule has 1 aromatic carbocycles. The molecule has 3 aromatic rings. The summed E-state index contributed by atoms with van der Waals surface area (Å²) >= 11 is 2.22. The van der Waals surface area contributed by atoms with Gasteiger partial charge in [0.2, 0.25) is 0 Å². The van der Waals surface area contributed by atoms with Gasteiger partial charge in [0.1, 0.15) is 5.69 Å². The van der Waals surface area contributed by atoms with Crippen molar-refractivity contribution in [1.82, 2.24) is 24.8 Å². The Hall–Kier alpha value is -2.73. The molecular weight excluding hydrogens is 523 g/mol. The Bertz CT molecular complexity index is 1260. The summed E-state index contributed by atoms with van der Waals surface area (Å²) < 4.78 is 2.13. The van der Waals surface area contributed by atoms with Crippen molar-refractivity contribution >= 4 is 45.1 Å². The lowest BCUT2D eigenvalue weighted by Gasteiger charge is -2.36. The molecule has 32 heavy (non-hydrogen) atoms. The number of aromatic nitrogens is 3. The van der Waals surface area contributed by atoms with Crippen molar-refractivity contribution in [2.75, 3.05) is 38.1 Å². The molecule has 0 bridgehead atoms. The zero-order valence-electron chi connectivity index (χ0n) is 18.0. The number of anilines is 1. The average Bonchev–Trinajstić information content (AvgIpc) is 2.81. The molecule has 1 fully saturated rings. The zero-order valence-corrected chi connectivity index (χ0v) is 20.2. The molecule has 1 saturated heterocycles. The van der Waals surface area contributed by atoms with Gasteiger partial charge in [-0.3, -0.25) is 19.1 Å². The van der Waals surface area contributed by atoms with Crippen LogP contribution < -0.4 is 21.5 Å². The molecular formula is C22H25IN6O3. The second kappa shape index (κ2) is 9.41. The van der Waals surface area contributed by atoms with Crippen LogP contribution in [-0.2, 0) is 13.1 Å². The van der Waals surface area contributed by atoms with E-state index in [0.29, 0.717) is 23.1 Å². The van der Waals surface area contributed by atoms with E-state index in [1.54, 1.807) is 26.2 Å². The number of aromatic amines is 1. The number of H-pyrrole nitrogens is 1. The molecule has 3 heterocycles. The molecule has 4 rings (SSSR count). The van der Waals surface area contributed by atoms with Crippen molar-refractivity contribution in [3.8, 4) is 0 Å². The fourth-order valence-corrected chi connectivity index (χ4v) is 4.76. The highest BCUT2D eigenvalue weighted by Crippen LogP contribution is 2.23. The van der Waals surface area contributed by atoms with E-state index < -0.39 is 0 Å². The summed E-state index contributed by atoms with van der Waals surface area (Å²) in [7, 11) is 1.59. The maximum absolute atomic E-state index is 12.6. The summed E-state index contributed by atoms with van der Waals surface area (Å²) in [6, 6.07) is 7.47. The first-order chi connectivity index (χ1) is 15.4. The van der Waals surface area contributed by atoms with Gasteiger partial charge in [-0.1, -0.05) is 6.07 Å². The van der Waals surface area contributed by atoms with E-state index in [1.807, 2.05) is 18.2 Å². The molecule has 0 spiro atoms. The number of nitrogens with zero attached hydrogens (tertiary/aromatic N) is 4. The third-order valence-corrected chi connectivity index (χ3v) is 7.06. The van der Waals surface area contributed by atoms with Gasteiger partial charge < -0.3 is 15.2 Å². The molecule has 10 heteroatoms. The summed E-state index contributed by atoms with van der Waals surface area (Å²) in [5.41, 5.74) is 2.49. The van der Waals surface area contributed by atoms with E-state index in [2.05, 4.69) is 47.7 Å². The van der Waals surface area contributed by atoms with Crippen LogP contribution in [0.25, 0.3) is 10.9 Å². The molecule has 2 aromatic heterocycles. The number of hydrogen-bond acceptors (Lipinski definition) is 6. The molecule has 0 saturated carbocycles. The van der Waals surface area contributed by atoms with Gasteiger partial charge in [0, 0.05) is 49.9 Å². The molecule has 0 unspecified atom stereocenters. The van der Waals surface area contributed by atoms with Gasteiger partial charge >= 0.3 is 5.69 Å². The highest BCUT2D eigenvalue weighted by molar-refractivity contribution is 14.1. The highest BCUT2D eigenvalue weighted by atomic mass is 127. The van der Waals surface area contributed by atoms with Crippen LogP contribution >= 0.6 is 22.6 Å². The van der Waals surface area contributed by atoms with Gasteiger partial charge in [0.05, 0.1) is 22.8 Å². The molecule has 1 amide bonds. The molecule has 0 aliphatic carbocycles. The van der Waals surface area contributed by atoms with Crippen molar-refractivity contribution in [3.63, 3.8) is 0 Å². The lowest BCUT2D eigenvalue weighted by Crippen LogP contribution is -2.46. The number of halogens is 1. The van der Waals surface area contributed by atoms with Gasteiger partial charge in [-0.25, -0.2) is 9.78 Å². The number of piperazine rings is 1. The first-order valence-electron chi connectivity index (χ1n) is 10.5. The lowest BCUT2D eigenvalue weighted by molar-refractivity contribution is 0.0958. The predicted molar refractivity (Wildman–Crippen MR) is 132 cm³/mol. The standard InChI is InChI=1S/C22H25IN6O3/c1-3-29-21(31)16-6-4-14(18(23)19(16)26-22(29)32)13-27-8-10-28(11-9-27)15-5-7-17(25-12-15)20(30)24-2/h4-7,12H,3,8-11,13H2,1-2H3,(H,24,30)(H,26,32). The first kappa shape index (κ1) is 22.5. The van der Waals surface area contributed by atoms with Crippen LogP contribution in [0.4, 0.5) is 5.69 Å². The maximum atomic E-state index is 12.6. The van der Waals surface area contributed by atoms with Crippen molar-refractivity contribution in [2.24, 2.45) is 0 Å². The number of amides is 1. The number of fused-ring (bicyclic) bond motifs is 1. The van der Waals surface area contributed by atoms with E-state index in [1.165, 1.54) is 4.57 Å². The SMILES string of the molecule is CCn1c(=O)[nH]c2c(I)c(CN3CCN(c4ccc(C(=O)NC)nc4)CC3)ccc2c1=O. The predicted octanol–water partition coefficient (Wildman–Crippen LogP) is 1.39. The van der Waals surface area contributed by atoms with E-state index in [0.717, 1.165) is 47.5 Å². The monoisotopic (exact) mass is 548 g/mol. The Balaban J connectivity index is 1.46. The molecule has 2 N–H and O–H groups in total. The van der Waals surface area contributed by atoms with Gasteiger partial charge in [0.25, 0.3) is 11.5 Å². The smallest absolute Gasteiger partial charge is 0.328 e. The van der Waals surface area contributed by atoms with Crippen LogP contribution in [0.5, 0.6) is 0 Å². The molecule has 0 atom stereocenters. The normalized spacial score (nSPS) is 14.7. The van der Waals surface area contributed by atoms with Gasteiger partial charge in [-0.2, -0.15) is 0 Å². The number of nitrogens with one attached hydrogen (secondary N) is 2. The van der Waals surface area contributed by atoms with Crippen LogP contribution in [0, 0.1) is 3.57 Å². The average molecular weight is 548 g/mol. The minimum atomic E-state index is -0.371. The third kappa shape index (κ3) is 4.29. The lowest BCUT2D eigenvalue weighted by atomic mass is 10.1. The number of carbonyl (C=O) groups excluding carboxylic acids is 1. The summed E-state index contributed by atoms with van der Waals surface area (Å²) in [5.74, 6) is -0.193. The fraction of sp³-hybridized carbons (Fsp3) is 0.364. The van der Waals surface area contributed by atoms with E-state index >= 15 is 0 Å². The number of rotatable bonds is 5. The topological polar surface area (TPSA) is 103 Å². The molecule has 0 radical (unpaired) electrons. The summed E-state index contributed by atoms with van der Waals surface area (Å²) in [6.45, 7) is 6.32. The summed E-state index contributed by atoms with van der Waals surface area (Å²) in [5, 5.41) is 3.12. The molecule has 9 nitrogen and oxygen atoms in total. The van der Waals surface area contributed by atoms with Crippen molar-refractivity contribution in [1.29, 1.82) is 0 Å². The Morgan fingerprint density at radius 2 is 1.91 bits per heavy atom. The quantitative estimate of drug-likeness (QED) is 0.468. The second-order valence-corrected chi connectivity index (χ2v) is 8.76. The molecule has 168 valence electrons. The fourth-order valence-electron chi connectivity index (χ4n) is 3.98. The first-order valence-corrected chi connectivity index (χ1v) is 11.6. The Labute approximate surface area is 198 Å². The number of benzene rings is 1. The Morgan fingerprint density at radius 3 is 2.53 bits per heavy atom. The largest absolute Gasteiger partial charge is 0.368 e. The second-order valence-electron chi connectivity index (χ2n) is 7.68. The summed E-state index contributed by atoms with van der Waals surface area (Å²) in [4.78, 5) is 48.2. The van der Waals surface area contributed by atoms with Gasteiger partial charge in [0.15, 0.2) is 0 Å². The summed E-state index contributed by atoms with van der Waals surface area (Å²) in [6.07, 6.45) is 1.74. The molecule has 1 aliphatic heterocycles. The minimum absolute atomic E-state index is 0.193. The van der Waals surface area contributed by atoms with Crippen LogP contribution in [-0.4, -0.2) is 58.6 Å². The van der Waals surface area contributed by atoms with Gasteiger partial charge in [-0.15, -0.1) is 0 Å². The van der Waals surface area contributed by atoms with E-state index in [4.69, 9.17) is 0 Å². The third-order valence-electron chi connectivity index (χ3n) is 5.83.